The predicted octanol–water partition coefficient (Wildman–Crippen LogP) is 4.07. The van der Waals surface area contributed by atoms with Crippen molar-refractivity contribution in [2.24, 2.45) is 0 Å². The number of rotatable bonds is 2. The number of carbonyl (C=O) groups is 1. The summed E-state index contributed by atoms with van der Waals surface area (Å²) >= 11 is 0. The molecule has 0 atom stereocenters. The van der Waals surface area contributed by atoms with Gasteiger partial charge in [0, 0.05) is 5.56 Å². The molecule has 0 saturated carbocycles. The minimum absolute atomic E-state index is 0.127. The number of hydrogen-bond acceptors (Lipinski definition) is 1. The molecule has 1 aromatic rings. The molecule has 0 aliphatic heterocycles. The van der Waals surface area contributed by atoms with E-state index in [1.807, 2.05) is 27.7 Å². The summed E-state index contributed by atoms with van der Waals surface area (Å²) in [6.07, 6.45) is 1.72. The van der Waals surface area contributed by atoms with Crippen molar-refractivity contribution in [2.45, 2.75) is 41.5 Å². The Hall–Kier alpha value is -1.37. The Bertz CT molecular complexity index is 435. The average Bonchev–Trinajstić information content (AvgIpc) is 2.14. The molecule has 0 fully saturated rings. The van der Waals surface area contributed by atoms with Gasteiger partial charge in [-0.05, 0) is 69.9 Å². The lowest BCUT2D eigenvalue weighted by Crippen LogP contribution is -2.05. The molecule has 0 heterocycles. The number of carbonyl (C=O) groups excluding carboxylic acids is 1. The highest BCUT2D eigenvalue weighted by Gasteiger charge is 2.13. The van der Waals surface area contributed by atoms with Gasteiger partial charge in [-0.2, -0.15) is 0 Å². The number of hydrogen-bond donors (Lipinski definition) is 0. The van der Waals surface area contributed by atoms with Crippen LogP contribution in [0.25, 0.3) is 0 Å². The van der Waals surface area contributed by atoms with E-state index in [0.29, 0.717) is 0 Å². The average molecular weight is 216 g/mol. The van der Waals surface area contributed by atoms with Gasteiger partial charge in [-0.1, -0.05) is 11.6 Å². The third kappa shape index (κ3) is 2.41. The Balaban J connectivity index is 3.44. The highest BCUT2D eigenvalue weighted by Crippen LogP contribution is 2.22. The molecule has 0 aromatic heterocycles. The van der Waals surface area contributed by atoms with Gasteiger partial charge in [-0.25, -0.2) is 0 Å². The van der Waals surface area contributed by atoms with Gasteiger partial charge in [0.2, 0.25) is 0 Å². The molecule has 1 nitrogen and oxygen atoms in total. The summed E-state index contributed by atoms with van der Waals surface area (Å²) in [4.78, 5) is 12.1. The molecule has 0 unspecified atom stereocenters. The van der Waals surface area contributed by atoms with Crippen LogP contribution >= 0.6 is 0 Å². The van der Waals surface area contributed by atoms with E-state index in [9.17, 15) is 4.79 Å². The number of aryl methyl sites for hydroxylation is 2. The summed E-state index contributed by atoms with van der Waals surface area (Å²) < 4.78 is 0. The minimum Gasteiger partial charge on any atom is -0.289 e. The van der Waals surface area contributed by atoms with Gasteiger partial charge >= 0.3 is 0 Å². The molecule has 0 radical (unpaired) electrons. The van der Waals surface area contributed by atoms with E-state index in [-0.39, 0.29) is 5.78 Å². The monoisotopic (exact) mass is 216 g/mol. The molecule has 1 aromatic carbocycles. The Morgan fingerprint density at radius 2 is 1.44 bits per heavy atom. The zero-order valence-corrected chi connectivity index (χ0v) is 11.1. The van der Waals surface area contributed by atoms with Gasteiger partial charge in [0.05, 0.1) is 0 Å². The quantitative estimate of drug-likeness (QED) is 0.538. The Morgan fingerprint density at radius 3 is 1.81 bits per heavy atom. The molecule has 0 N–H and O–H groups in total. The van der Waals surface area contributed by atoms with Gasteiger partial charge in [0.15, 0.2) is 5.78 Å². The van der Waals surface area contributed by atoms with E-state index in [1.165, 1.54) is 11.1 Å². The predicted molar refractivity (Wildman–Crippen MR) is 69.2 cm³/mol. The van der Waals surface area contributed by atoms with Crippen molar-refractivity contribution < 1.29 is 4.79 Å². The maximum absolute atomic E-state index is 12.1. The Kier molecular flexibility index (Phi) is 3.69. The Morgan fingerprint density at radius 1 is 1.00 bits per heavy atom. The largest absolute Gasteiger partial charge is 0.289 e. The van der Waals surface area contributed by atoms with Gasteiger partial charge < -0.3 is 0 Å². The third-order valence-corrected chi connectivity index (χ3v) is 3.03. The van der Waals surface area contributed by atoms with Gasteiger partial charge in [-0.3, -0.25) is 4.79 Å². The van der Waals surface area contributed by atoms with Crippen molar-refractivity contribution in [3.05, 3.63) is 45.5 Å². The fourth-order valence-electron chi connectivity index (χ4n) is 1.92. The summed E-state index contributed by atoms with van der Waals surface area (Å²) in [6, 6.07) is 2.14. The third-order valence-electron chi connectivity index (χ3n) is 3.03. The Labute approximate surface area is 98.2 Å². The summed E-state index contributed by atoms with van der Waals surface area (Å²) in [5.74, 6) is 0.127. The van der Waals surface area contributed by atoms with Gasteiger partial charge in [-0.15, -0.1) is 0 Å². The molecule has 86 valence electrons. The standard InChI is InChI=1S/C15H20O/c1-9(2)7-14(16)15-12(5)10(3)8-11(4)13(15)6/h7-8H,1-6H3. The molecule has 0 aliphatic carbocycles. The van der Waals surface area contributed by atoms with Crippen molar-refractivity contribution in [3.8, 4) is 0 Å². The second-order valence-corrected chi connectivity index (χ2v) is 4.72. The first-order chi connectivity index (χ1) is 7.34. The van der Waals surface area contributed by atoms with E-state index in [2.05, 4.69) is 19.9 Å². The summed E-state index contributed by atoms with van der Waals surface area (Å²) in [5.41, 5.74) is 6.50. The number of ketones is 1. The van der Waals surface area contributed by atoms with Crippen LogP contribution in [0.2, 0.25) is 0 Å². The van der Waals surface area contributed by atoms with Crippen LogP contribution in [0.15, 0.2) is 17.7 Å². The lowest BCUT2D eigenvalue weighted by molar-refractivity contribution is 0.104. The number of allylic oxidation sites excluding steroid dienone is 2. The second-order valence-electron chi connectivity index (χ2n) is 4.72. The van der Waals surface area contributed by atoms with Crippen molar-refractivity contribution in [1.82, 2.24) is 0 Å². The molecular formula is C15H20O. The van der Waals surface area contributed by atoms with Crippen molar-refractivity contribution in [3.63, 3.8) is 0 Å². The fourth-order valence-corrected chi connectivity index (χ4v) is 1.92. The van der Waals surface area contributed by atoms with E-state index in [1.54, 1.807) is 6.08 Å². The lowest BCUT2D eigenvalue weighted by atomic mass is 9.91. The number of benzene rings is 1. The zero-order valence-electron chi connectivity index (χ0n) is 11.1. The summed E-state index contributed by atoms with van der Waals surface area (Å²) in [5, 5.41) is 0. The molecule has 0 amide bonds. The molecule has 0 bridgehead atoms. The van der Waals surface area contributed by atoms with Crippen molar-refractivity contribution >= 4 is 5.78 Å². The fraction of sp³-hybridized carbons (Fsp3) is 0.400. The second kappa shape index (κ2) is 4.65. The van der Waals surface area contributed by atoms with E-state index in [0.717, 1.165) is 22.3 Å². The molecule has 0 saturated heterocycles. The highest BCUT2D eigenvalue weighted by molar-refractivity contribution is 6.07. The first-order valence-corrected chi connectivity index (χ1v) is 5.61. The van der Waals surface area contributed by atoms with Crippen LogP contribution in [-0.4, -0.2) is 5.78 Å². The lowest BCUT2D eigenvalue weighted by Gasteiger charge is -2.13. The van der Waals surface area contributed by atoms with Crippen LogP contribution in [-0.2, 0) is 0 Å². The molecule has 0 spiro atoms. The van der Waals surface area contributed by atoms with Crippen LogP contribution in [0, 0.1) is 27.7 Å². The van der Waals surface area contributed by atoms with Crippen molar-refractivity contribution in [2.75, 3.05) is 0 Å². The van der Waals surface area contributed by atoms with Crippen LogP contribution in [0.3, 0.4) is 0 Å². The molecular weight excluding hydrogens is 196 g/mol. The topological polar surface area (TPSA) is 17.1 Å². The zero-order chi connectivity index (χ0) is 12.5. The van der Waals surface area contributed by atoms with E-state index < -0.39 is 0 Å². The normalized spacial score (nSPS) is 10.1. The highest BCUT2D eigenvalue weighted by atomic mass is 16.1. The van der Waals surface area contributed by atoms with Crippen LogP contribution in [0.4, 0.5) is 0 Å². The van der Waals surface area contributed by atoms with Gasteiger partial charge in [0.1, 0.15) is 0 Å². The maximum Gasteiger partial charge on any atom is 0.186 e. The maximum atomic E-state index is 12.1. The SMILES string of the molecule is CC(C)=CC(=O)c1c(C)c(C)cc(C)c1C. The summed E-state index contributed by atoms with van der Waals surface area (Å²) in [6.45, 7) is 12.1. The first-order valence-electron chi connectivity index (χ1n) is 5.61. The smallest absolute Gasteiger partial charge is 0.186 e. The minimum atomic E-state index is 0.127. The molecule has 0 aliphatic rings. The van der Waals surface area contributed by atoms with Crippen molar-refractivity contribution in [1.29, 1.82) is 0 Å². The molecule has 1 heteroatoms. The van der Waals surface area contributed by atoms with Crippen LogP contribution < -0.4 is 0 Å². The summed E-state index contributed by atoms with van der Waals surface area (Å²) in [7, 11) is 0. The van der Waals surface area contributed by atoms with E-state index >= 15 is 0 Å². The van der Waals surface area contributed by atoms with E-state index in [4.69, 9.17) is 0 Å². The first kappa shape index (κ1) is 12.7. The van der Waals surface area contributed by atoms with Crippen LogP contribution in [0.5, 0.6) is 0 Å². The molecule has 1 rings (SSSR count). The van der Waals surface area contributed by atoms with Crippen LogP contribution in [0.1, 0.15) is 46.5 Å². The van der Waals surface area contributed by atoms with Gasteiger partial charge in [0.25, 0.3) is 0 Å². The molecule has 16 heavy (non-hydrogen) atoms.